The lowest BCUT2D eigenvalue weighted by Crippen LogP contribution is -2.15. The van der Waals surface area contributed by atoms with E-state index in [4.69, 9.17) is 0 Å². The zero-order valence-corrected chi connectivity index (χ0v) is 19.7. The third kappa shape index (κ3) is 7.08. The highest BCUT2D eigenvalue weighted by Gasteiger charge is 2.12. The van der Waals surface area contributed by atoms with Crippen molar-refractivity contribution in [2.45, 2.75) is 6.92 Å². The number of benzene rings is 2. The van der Waals surface area contributed by atoms with Crippen LogP contribution in [0.25, 0.3) is 5.57 Å². The van der Waals surface area contributed by atoms with E-state index in [-0.39, 0.29) is 0 Å². The van der Waals surface area contributed by atoms with E-state index >= 15 is 0 Å². The maximum atomic E-state index is 4.07. The summed E-state index contributed by atoms with van der Waals surface area (Å²) in [6.45, 7) is 10.1. The Kier molecular flexibility index (Phi) is 9.46. The molecule has 1 aliphatic rings. The lowest BCUT2D eigenvalue weighted by Gasteiger charge is -2.25. The quantitative estimate of drug-likeness (QED) is 0.388. The first-order valence-corrected chi connectivity index (χ1v) is 11.4. The average molecular weight is 442 g/mol. The lowest BCUT2D eigenvalue weighted by atomic mass is 9.98. The molecule has 0 bridgehead atoms. The summed E-state index contributed by atoms with van der Waals surface area (Å²) < 4.78 is 0. The Morgan fingerprint density at radius 1 is 0.706 bits per heavy atom. The standard InChI is InChI=1S/C33H31N/c1-4-18-31(5-2)34(32-25-15-7-6-10-19-28(3)20-16-17-26-32)27-33(29-21-11-8-12-22-29)30-23-13-9-14-24-30/h4-27H,1-2H2,3H3/b7-6+,10-6?,15-7?,17-16+,19-10-,20-16?,25-15-,26-17?,28-19?,28-20-,31-18+,32-25?,32-26+. The Balaban J connectivity index is 2.22. The normalized spacial score (nSPS) is 20.6. The Hall–Kier alpha value is -4.36. The topological polar surface area (TPSA) is 3.24 Å². The Labute approximate surface area is 204 Å². The highest BCUT2D eigenvalue weighted by molar-refractivity contribution is 5.80. The molecule has 2 aromatic carbocycles. The van der Waals surface area contributed by atoms with Crippen molar-refractivity contribution in [2.24, 2.45) is 0 Å². The molecule has 0 atom stereocenters. The van der Waals surface area contributed by atoms with E-state index < -0.39 is 0 Å². The van der Waals surface area contributed by atoms with E-state index in [0.29, 0.717) is 0 Å². The van der Waals surface area contributed by atoms with Crippen LogP contribution < -0.4 is 0 Å². The molecule has 0 radical (unpaired) electrons. The SMILES string of the molecule is C=C/C=C(\C=C)N(C=C(c1ccccc1)c1ccccc1)C1=C/C=C/C=C(C)\C=C/C=C/C=C\1. The Morgan fingerprint density at radius 2 is 1.29 bits per heavy atom. The van der Waals surface area contributed by atoms with Crippen molar-refractivity contribution in [3.05, 3.63) is 187 Å². The summed E-state index contributed by atoms with van der Waals surface area (Å²) in [6, 6.07) is 20.9. The van der Waals surface area contributed by atoms with Crippen molar-refractivity contribution < 1.29 is 0 Å². The summed E-state index contributed by atoms with van der Waals surface area (Å²) in [7, 11) is 0. The number of nitrogens with zero attached hydrogens (tertiary/aromatic N) is 1. The van der Waals surface area contributed by atoms with Crippen LogP contribution in [0.3, 0.4) is 0 Å². The van der Waals surface area contributed by atoms with Gasteiger partial charge in [0.1, 0.15) is 0 Å². The van der Waals surface area contributed by atoms with Gasteiger partial charge >= 0.3 is 0 Å². The van der Waals surface area contributed by atoms with Gasteiger partial charge in [0.05, 0.1) is 0 Å². The Morgan fingerprint density at radius 3 is 1.88 bits per heavy atom. The van der Waals surface area contributed by atoms with Gasteiger partial charge in [-0.1, -0.05) is 134 Å². The first-order valence-electron chi connectivity index (χ1n) is 11.4. The zero-order chi connectivity index (χ0) is 24.0. The number of rotatable bonds is 7. The molecule has 0 aliphatic heterocycles. The van der Waals surface area contributed by atoms with Crippen LogP contribution in [0, 0.1) is 0 Å². The van der Waals surface area contributed by atoms with Gasteiger partial charge in [-0.2, -0.15) is 0 Å². The molecule has 1 aliphatic carbocycles. The van der Waals surface area contributed by atoms with E-state index in [1.54, 1.807) is 6.08 Å². The van der Waals surface area contributed by atoms with Crippen LogP contribution >= 0.6 is 0 Å². The van der Waals surface area contributed by atoms with Gasteiger partial charge < -0.3 is 4.90 Å². The fraction of sp³-hybridized carbons (Fsp3) is 0.0303. The van der Waals surface area contributed by atoms with E-state index in [1.807, 2.05) is 48.6 Å². The van der Waals surface area contributed by atoms with Crippen LogP contribution in [0.5, 0.6) is 0 Å². The maximum absolute atomic E-state index is 4.07. The summed E-state index contributed by atoms with van der Waals surface area (Å²) in [5.41, 5.74) is 6.48. The zero-order valence-electron chi connectivity index (χ0n) is 19.7. The molecule has 168 valence electrons. The minimum Gasteiger partial charge on any atom is -0.317 e. The third-order valence-corrected chi connectivity index (χ3v) is 5.18. The molecule has 1 nitrogen and oxygen atoms in total. The van der Waals surface area contributed by atoms with Gasteiger partial charge in [-0.15, -0.1) is 0 Å². The molecule has 0 fully saturated rings. The van der Waals surface area contributed by atoms with Crippen molar-refractivity contribution >= 4 is 5.57 Å². The fourth-order valence-electron chi connectivity index (χ4n) is 3.47. The molecule has 0 saturated heterocycles. The van der Waals surface area contributed by atoms with Crippen molar-refractivity contribution in [1.82, 2.24) is 4.90 Å². The summed E-state index contributed by atoms with van der Waals surface area (Å²) in [4.78, 5) is 2.15. The Bertz CT molecular complexity index is 1170. The van der Waals surface area contributed by atoms with E-state index in [1.165, 1.54) is 5.57 Å². The fourth-order valence-corrected chi connectivity index (χ4v) is 3.47. The second-order valence-electron chi connectivity index (χ2n) is 7.67. The van der Waals surface area contributed by atoms with Crippen LogP contribution in [0.4, 0.5) is 0 Å². The van der Waals surface area contributed by atoms with Crippen molar-refractivity contribution in [1.29, 1.82) is 0 Å². The van der Waals surface area contributed by atoms with Gasteiger partial charge in [0, 0.05) is 23.2 Å². The minimum atomic E-state index is 0.923. The predicted octanol–water partition coefficient (Wildman–Crippen LogP) is 8.70. The highest BCUT2D eigenvalue weighted by Crippen LogP contribution is 2.28. The van der Waals surface area contributed by atoms with Crippen LogP contribution in [0.15, 0.2) is 176 Å². The molecule has 0 unspecified atom stereocenters. The highest BCUT2D eigenvalue weighted by atomic mass is 15.1. The van der Waals surface area contributed by atoms with Gasteiger partial charge in [-0.25, -0.2) is 0 Å². The first-order chi connectivity index (χ1) is 16.7. The van der Waals surface area contributed by atoms with Crippen LogP contribution in [0.1, 0.15) is 18.1 Å². The predicted molar refractivity (Wildman–Crippen MR) is 149 cm³/mol. The first kappa shape index (κ1) is 24.3. The molecule has 0 saturated carbocycles. The lowest BCUT2D eigenvalue weighted by molar-refractivity contribution is 0.615. The van der Waals surface area contributed by atoms with E-state index in [2.05, 4.69) is 116 Å². The number of hydrogen-bond donors (Lipinski definition) is 0. The van der Waals surface area contributed by atoms with E-state index in [9.17, 15) is 0 Å². The maximum Gasteiger partial charge on any atom is 0.0455 e. The molecule has 0 heterocycles. The van der Waals surface area contributed by atoms with Crippen molar-refractivity contribution in [3.63, 3.8) is 0 Å². The smallest absolute Gasteiger partial charge is 0.0455 e. The molecule has 0 amide bonds. The molecule has 0 spiro atoms. The summed E-state index contributed by atoms with van der Waals surface area (Å²) >= 11 is 0. The van der Waals surface area contributed by atoms with Crippen LogP contribution in [-0.2, 0) is 0 Å². The number of hydrogen-bond acceptors (Lipinski definition) is 1. The van der Waals surface area contributed by atoms with Gasteiger partial charge in [0.2, 0.25) is 0 Å². The van der Waals surface area contributed by atoms with Gasteiger partial charge in [-0.3, -0.25) is 0 Å². The van der Waals surface area contributed by atoms with Crippen molar-refractivity contribution in [2.75, 3.05) is 0 Å². The van der Waals surface area contributed by atoms with Gasteiger partial charge in [0.25, 0.3) is 0 Å². The largest absolute Gasteiger partial charge is 0.317 e. The summed E-state index contributed by atoms with van der Waals surface area (Å²) in [6.07, 6.45) is 28.4. The van der Waals surface area contributed by atoms with Crippen molar-refractivity contribution in [3.8, 4) is 0 Å². The molecule has 0 N–H and O–H groups in total. The van der Waals surface area contributed by atoms with Crippen LogP contribution in [0.2, 0.25) is 0 Å². The van der Waals surface area contributed by atoms with Gasteiger partial charge in [-0.05, 0) is 42.4 Å². The average Bonchev–Trinajstić information content (AvgIpc) is 2.87. The second kappa shape index (κ2) is 13.2. The van der Waals surface area contributed by atoms with Gasteiger partial charge in [0.15, 0.2) is 0 Å². The molecule has 34 heavy (non-hydrogen) atoms. The molecular formula is C33H31N. The summed E-state index contributed by atoms with van der Waals surface area (Å²) in [5.74, 6) is 0. The molecule has 2 aromatic rings. The third-order valence-electron chi connectivity index (χ3n) is 5.18. The molecule has 0 aromatic heterocycles. The van der Waals surface area contributed by atoms with Crippen LogP contribution in [-0.4, -0.2) is 4.90 Å². The number of allylic oxidation sites excluding steroid dienone is 14. The minimum absolute atomic E-state index is 0.923. The summed E-state index contributed by atoms with van der Waals surface area (Å²) in [5, 5.41) is 0. The molecule has 1 heteroatoms. The monoisotopic (exact) mass is 441 g/mol. The van der Waals surface area contributed by atoms with E-state index in [0.717, 1.165) is 28.1 Å². The second-order valence-corrected chi connectivity index (χ2v) is 7.67. The molecular weight excluding hydrogens is 410 g/mol. The molecule has 3 rings (SSSR count).